The van der Waals surface area contributed by atoms with Crippen molar-refractivity contribution in [1.29, 1.82) is 5.26 Å². The third-order valence-corrected chi connectivity index (χ3v) is 6.18. The fraction of sp³-hybridized carbons (Fsp3) is 0.565. The Morgan fingerprint density at radius 3 is 2.79 bits per heavy atom. The van der Waals surface area contributed by atoms with E-state index in [1.807, 2.05) is 12.1 Å². The summed E-state index contributed by atoms with van der Waals surface area (Å²) in [5.74, 6) is 0.873. The van der Waals surface area contributed by atoms with Gasteiger partial charge in [0, 0.05) is 42.9 Å². The Morgan fingerprint density at radius 2 is 2.00 bits per heavy atom. The predicted octanol–water partition coefficient (Wildman–Crippen LogP) is 3.87. The Kier molecular flexibility index (Phi) is 5.79. The van der Waals surface area contributed by atoms with Gasteiger partial charge in [0.05, 0.1) is 23.3 Å². The maximum Gasteiger partial charge on any atom is 0.101 e. The zero-order valence-corrected chi connectivity index (χ0v) is 16.9. The zero-order chi connectivity index (χ0) is 19.5. The van der Waals surface area contributed by atoms with Crippen LogP contribution < -0.4 is 10.2 Å². The van der Waals surface area contributed by atoms with E-state index in [0.717, 1.165) is 42.1 Å². The van der Waals surface area contributed by atoms with Gasteiger partial charge in [0.1, 0.15) is 6.07 Å². The number of nitriles is 1. The number of hydrogen-bond donors (Lipinski definition) is 1. The summed E-state index contributed by atoms with van der Waals surface area (Å²) in [6, 6.07) is 10.9. The van der Waals surface area contributed by atoms with Crippen LogP contribution in [0.1, 0.15) is 45.1 Å². The standard InChI is InChI=1S/C23H30N4O/c1-16-5-8-19(9-6-16)26-13-20-15-27(14-17(2)28-20)22-10-7-18(12-24)23-21(22)4-3-11-25-23/h3-4,7,10-11,16-17,19-20,26H,5-6,8-9,13-15H2,1-2H3/t16?,17-,19?,20+/m1/s1. The molecule has 1 aliphatic heterocycles. The molecule has 5 nitrogen and oxygen atoms in total. The van der Waals surface area contributed by atoms with E-state index in [2.05, 4.69) is 47.3 Å². The molecule has 2 fully saturated rings. The Labute approximate surface area is 167 Å². The summed E-state index contributed by atoms with van der Waals surface area (Å²) in [4.78, 5) is 6.85. The molecule has 1 saturated heterocycles. The van der Waals surface area contributed by atoms with Crippen LogP contribution in [0.5, 0.6) is 0 Å². The number of rotatable bonds is 4. The molecule has 28 heavy (non-hydrogen) atoms. The molecule has 2 aromatic rings. The number of nitrogens with zero attached hydrogens (tertiary/aromatic N) is 3. The van der Waals surface area contributed by atoms with Gasteiger partial charge < -0.3 is 15.0 Å². The number of fused-ring (bicyclic) bond motifs is 1. The number of ether oxygens (including phenoxy) is 1. The van der Waals surface area contributed by atoms with Crippen LogP contribution in [0.2, 0.25) is 0 Å². The van der Waals surface area contributed by atoms with Crippen molar-refractivity contribution < 1.29 is 4.74 Å². The van der Waals surface area contributed by atoms with Gasteiger partial charge in [-0.1, -0.05) is 6.92 Å². The van der Waals surface area contributed by atoms with E-state index in [1.54, 1.807) is 6.20 Å². The van der Waals surface area contributed by atoms with Gasteiger partial charge >= 0.3 is 0 Å². The third kappa shape index (κ3) is 4.14. The molecule has 1 aromatic carbocycles. The molecule has 4 rings (SSSR count). The maximum absolute atomic E-state index is 9.40. The monoisotopic (exact) mass is 378 g/mol. The average Bonchev–Trinajstić information content (AvgIpc) is 2.72. The first-order valence-electron chi connectivity index (χ1n) is 10.6. The number of nitrogens with one attached hydrogen (secondary N) is 1. The quantitative estimate of drug-likeness (QED) is 0.875. The van der Waals surface area contributed by atoms with E-state index in [9.17, 15) is 5.26 Å². The molecule has 1 saturated carbocycles. The van der Waals surface area contributed by atoms with E-state index in [0.29, 0.717) is 11.6 Å². The van der Waals surface area contributed by atoms with E-state index in [1.165, 1.54) is 25.7 Å². The third-order valence-electron chi connectivity index (χ3n) is 6.18. The molecule has 1 N–H and O–H groups in total. The van der Waals surface area contributed by atoms with Crippen LogP contribution in [0.25, 0.3) is 10.9 Å². The molecule has 2 heterocycles. The molecule has 0 radical (unpaired) electrons. The second-order valence-corrected chi connectivity index (χ2v) is 8.48. The second kappa shape index (κ2) is 8.46. The SMILES string of the molecule is CC1CCC(NC[C@H]2CN(c3ccc(C#N)c4ncccc34)C[C@@H](C)O2)CC1. The minimum Gasteiger partial charge on any atom is -0.370 e. The number of hydrogen-bond acceptors (Lipinski definition) is 5. The van der Waals surface area contributed by atoms with Crippen LogP contribution in [0.4, 0.5) is 5.69 Å². The van der Waals surface area contributed by atoms with Crippen molar-refractivity contribution in [3.05, 3.63) is 36.0 Å². The first-order chi connectivity index (χ1) is 13.6. The first-order valence-corrected chi connectivity index (χ1v) is 10.6. The summed E-state index contributed by atoms with van der Waals surface area (Å²) in [6.07, 6.45) is 7.32. The van der Waals surface area contributed by atoms with Gasteiger partial charge in [0.25, 0.3) is 0 Å². The summed E-state index contributed by atoms with van der Waals surface area (Å²) in [6.45, 7) is 7.11. The van der Waals surface area contributed by atoms with Crippen LogP contribution in [0.3, 0.4) is 0 Å². The van der Waals surface area contributed by atoms with Gasteiger partial charge in [-0.25, -0.2) is 0 Å². The predicted molar refractivity (Wildman–Crippen MR) is 112 cm³/mol. The van der Waals surface area contributed by atoms with Crippen molar-refractivity contribution in [2.75, 3.05) is 24.5 Å². The van der Waals surface area contributed by atoms with Crippen LogP contribution in [-0.2, 0) is 4.74 Å². The molecule has 2 aliphatic rings. The highest BCUT2D eigenvalue weighted by molar-refractivity contribution is 5.95. The van der Waals surface area contributed by atoms with E-state index in [-0.39, 0.29) is 12.2 Å². The van der Waals surface area contributed by atoms with Gasteiger partial charge in [-0.2, -0.15) is 5.26 Å². The molecular formula is C23H30N4O. The molecule has 0 bridgehead atoms. The van der Waals surface area contributed by atoms with E-state index in [4.69, 9.17) is 4.74 Å². The highest BCUT2D eigenvalue weighted by Crippen LogP contribution is 2.30. The molecule has 1 aromatic heterocycles. The zero-order valence-electron chi connectivity index (χ0n) is 16.9. The Balaban J connectivity index is 1.48. The number of morpholine rings is 1. The summed E-state index contributed by atoms with van der Waals surface area (Å²) in [7, 11) is 0. The Bertz CT molecular complexity index is 853. The lowest BCUT2D eigenvalue weighted by Gasteiger charge is -2.39. The lowest BCUT2D eigenvalue weighted by molar-refractivity contribution is -0.0164. The minimum absolute atomic E-state index is 0.172. The number of pyridine rings is 1. The molecule has 148 valence electrons. The minimum atomic E-state index is 0.172. The topological polar surface area (TPSA) is 61.2 Å². The largest absolute Gasteiger partial charge is 0.370 e. The van der Waals surface area contributed by atoms with Crippen molar-refractivity contribution in [3.63, 3.8) is 0 Å². The first kappa shape index (κ1) is 19.2. The highest BCUT2D eigenvalue weighted by atomic mass is 16.5. The highest BCUT2D eigenvalue weighted by Gasteiger charge is 2.28. The summed E-state index contributed by atoms with van der Waals surface area (Å²) in [5, 5.41) is 14.2. The van der Waals surface area contributed by atoms with Gasteiger partial charge in [-0.05, 0) is 62.8 Å². The summed E-state index contributed by atoms with van der Waals surface area (Å²) >= 11 is 0. The molecular weight excluding hydrogens is 348 g/mol. The molecule has 0 unspecified atom stereocenters. The summed E-state index contributed by atoms with van der Waals surface area (Å²) < 4.78 is 6.24. The van der Waals surface area contributed by atoms with Crippen molar-refractivity contribution in [3.8, 4) is 6.07 Å². The van der Waals surface area contributed by atoms with Gasteiger partial charge in [0.15, 0.2) is 0 Å². The molecule has 5 heteroatoms. The van der Waals surface area contributed by atoms with Crippen LogP contribution >= 0.6 is 0 Å². The smallest absolute Gasteiger partial charge is 0.101 e. The van der Waals surface area contributed by atoms with Crippen molar-refractivity contribution in [1.82, 2.24) is 10.3 Å². The lowest BCUT2D eigenvalue weighted by Crippen LogP contribution is -2.51. The van der Waals surface area contributed by atoms with E-state index >= 15 is 0 Å². The van der Waals surface area contributed by atoms with Crippen molar-refractivity contribution in [2.45, 2.75) is 57.8 Å². The van der Waals surface area contributed by atoms with Gasteiger partial charge in [0.2, 0.25) is 0 Å². The van der Waals surface area contributed by atoms with E-state index < -0.39 is 0 Å². The number of anilines is 1. The molecule has 0 spiro atoms. The average molecular weight is 379 g/mol. The van der Waals surface area contributed by atoms with Crippen LogP contribution in [-0.4, -0.2) is 42.9 Å². The lowest BCUT2D eigenvalue weighted by atomic mass is 9.87. The summed E-state index contributed by atoms with van der Waals surface area (Å²) in [5.41, 5.74) is 2.56. The second-order valence-electron chi connectivity index (χ2n) is 8.48. The Morgan fingerprint density at radius 1 is 1.18 bits per heavy atom. The normalized spacial score (nSPS) is 28.2. The fourth-order valence-electron chi connectivity index (χ4n) is 4.64. The maximum atomic E-state index is 9.40. The molecule has 1 aliphatic carbocycles. The van der Waals surface area contributed by atoms with Crippen molar-refractivity contribution in [2.24, 2.45) is 5.92 Å². The Hall–Kier alpha value is -2.16. The molecule has 0 amide bonds. The van der Waals surface area contributed by atoms with Crippen LogP contribution in [0, 0.1) is 17.2 Å². The fourth-order valence-corrected chi connectivity index (χ4v) is 4.64. The van der Waals surface area contributed by atoms with Crippen molar-refractivity contribution >= 4 is 16.6 Å². The molecule has 2 atom stereocenters. The van der Waals surface area contributed by atoms with Gasteiger partial charge in [-0.15, -0.1) is 0 Å². The van der Waals surface area contributed by atoms with Crippen LogP contribution in [0.15, 0.2) is 30.5 Å². The number of aromatic nitrogens is 1. The van der Waals surface area contributed by atoms with Gasteiger partial charge in [-0.3, -0.25) is 4.98 Å². The number of benzene rings is 1.